The molecule has 1 unspecified atom stereocenters. The van der Waals surface area contributed by atoms with Gasteiger partial charge in [-0.1, -0.05) is 90.0 Å². The van der Waals surface area contributed by atoms with Crippen molar-refractivity contribution >= 4 is 23.9 Å². The normalized spacial score (nSPS) is 17.0. The molecule has 8 nitrogen and oxygen atoms in total. The van der Waals surface area contributed by atoms with Gasteiger partial charge in [0.1, 0.15) is 12.5 Å². The zero-order valence-electron chi connectivity index (χ0n) is 21.9. The van der Waals surface area contributed by atoms with Gasteiger partial charge in [0, 0.05) is 19.0 Å². The van der Waals surface area contributed by atoms with Gasteiger partial charge in [0.15, 0.2) is 0 Å². The second-order valence-electron chi connectivity index (χ2n) is 10.3. The van der Waals surface area contributed by atoms with Gasteiger partial charge in [0.2, 0.25) is 0 Å². The first kappa shape index (κ1) is 24.8. The number of rotatable bonds is 4. The number of ether oxygens (including phenoxy) is 1. The van der Waals surface area contributed by atoms with Gasteiger partial charge in [0.25, 0.3) is 11.8 Å². The number of nitrogens with zero attached hydrogens (tertiary/aromatic N) is 2. The molecule has 1 aliphatic carbocycles. The van der Waals surface area contributed by atoms with E-state index in [9.17, 15) is 19.2 Å². The van der Waals surface area contributed by atoms with Gasteiger partial charge in [-0.2, -0.15) is 0 Å². The Bertz CT molecular complexity index is 1670. The molecule has 0 aromatic heterocycles. The van der Waals surface area contributed by atoms with Crippen LogP contribution in [0, 0.1) is 0 Å². The second-order valence-corrected chi connectivity index (χ2v) is 10.3. The maximum absolute atomic E-state index is 13.4. The molecular weight excluding hydrogens is 520 g/mol. The molecule has 4 aromatic rings. The number of carbonyl (C=O) groups is 4. The molecule has 1 atom stereocenters. The summed E-state index contributed by atoms with van der Waals surface area (Å²) in [5, 5.41) is 0.502. The maximum atomic E-state index is 13.4. The molecule has 0 spiro atoms. The first-order valence-electron chi connectivity index (χ1n) is 13.4. The van der Waals surface area contributed by atoms with E-state index in [1.807, 2.05) is 36.4 Å². The zero-order valence-corrected chi connectivity index (χ0v) is 21.9. The summed E-state index contributed by atoms with van der Waals surface area (Å²) in [7, 11) is 0. The zero-order chi connectivity index (χ0) is 28.1. The third-order valence-corrected chi connectivity index (χ3v) is 8.01. The molecule has 2 aliphatic heterocycles. The topological polar surface area (TPSA) is 93.2 Å². The molecule has 0 bridgehead atoms. The Hall–Kier alpha value is -5.24. The molecule has 0 fully saturated rings. The molecule has 0 radical (unpaired) electrons. The van der Waals surface area contributed by atoms with Crippen molar-refractivity contribution in [1.29, 1.82) is 0 Å². The lowest BCUT2D eigenvalue weighted by Gasteiger charge is -2.33. The largest absolute Gasteiger partial charge is 0.448 e. The fourth-order valence-electron chi connectivity index (χ4n) is 6.04. The number of imide groups is 1. The summed E-state index contributed by atoms with van der Waals surface area (Å²) >= 11 is 0. The number of amides is 3. The molecule has 2 heterocycles. The van der Waals surface area contributed by atoms with Gasteiger partial charge in [-0.15, -0.1) is 0 Å². The molecule has 0 saturated heterocycles. The van der Waals surface area contributed by atoms with Gasteiger partial charge in [0.05, 0.1) is 11.1 Å². The highest BCUT2D eigenvalue weighted by Crippen LogP contribution is 2.44. The highest BCUT2D eigenvalue weighted by Gasteiger charge is 2.42. The monoisotopic (exact) mass is 544 g/mol. The van der Waals surface area contributed by atoms with Crippen molar-refractivity contribution in [1.82, 2.24) is 9.96 Å². The van der Waals surface area contributed by atoms with Crippen molar-refractivity contribution in [2.75, 3.05) is 13.2 Å². The van der Waals surface area contributed by atoms with Crippen molar-refractivity contribution in [2.24, 2.45) is 0 Å². The van der Waals surface area contributed by atoms with Gasteiger partial charge in [-0.3, -0.25) is 9.59 Å². The summed E-state index contributed by atoms with van der Waals surface area (Å²) in [6.45, 7) is 0.383. The van der Waals surface area contributed by atoms with E-state index in [4.69, 9.17) is 9.57 Å². The van der Waals surface area contributed by atoms with Crippen LogP contribution in [-0.2, 0) is 20.9 Å². The quantitative estimate of drug-likeness (QED) is 0.324. The Labute approximate surface area is 235 Å². The van der Waals surface area contributed by atoms with E-state index < -0.39 is 29.8 Å². The van der Waals surface area contributed by atoms with Crippen molar-refractivity contribution in [3.05, 3.63) is 130 Å². The smallest absolute Gasteiger partial charge is 0.410 e. The molecule has 3 amide bonds. The van der Waals surface area contributed by atoms with Crippen LogP contribution >= 0.6 is 0 Å². The first-order chi connectivity index (χ1) is 20.0. The third kappa shape index (κ3) is 4.07. The summed E-state index contributed by atoms with van der Waals surface area (Å²) in [5.74, 6) is -3.21. The van der Waals surface area contributed by atoms with Crippen molar-refractivity contribution in [2.45, 2.75) is 18.4 Å². The maximum Gasteiger partial charge on any atom is 0.410 e. The lowest BCUT2D eigenvalue weighted by atomic mass is 9.90. The Kier molecular flexibility index (Phi) is 5.89. The van der Waals surface area contributed by atoms with Crippen LogP contribution in [0.1, 0.15) is 54.8 Å². The van der Waals surface area contributed by atoms with E-state index in [1.54, 1.807) is 24.3 Å². The Balaban J connectivity index is 1.09. The molecule has 0 saturated carbocycles. The minimum absolute atomic E-state index is 0.0182. The van der Waals surface area contributed by atoms with Crippen molar-refractivity contribution in [3.8, 4) is 11.1 Å². The fourth-order valence-corrected chi connectivity index (χ4v) is 6.04. The van der Waals surface area contributed by atoms with E-state index in [1.165, 1.54) is 17.0 Å². The molecule has 4 aromatic carbocycles. The molecular formula is C33H24N2O6. The SMILES string of the molecule is O=C(ON1C(=O)c2ccccc2C1=O)C1CN(C(=O)OCC2c3ccccc3-c3ccccc32)Cc2ccccc21. The molecule has 202 valence electrons. The number of hydrogen-bond acceptors (Lipinski definition) is 6. The predicted molar refractivity (Wildman–Crippen MR) is 148 cm³/mol. The number of fused-ring (bicyclic) bond motifs is 5. The van der Waals surface area contributed by atoms with Gasteiger partial charge in [-0.05, 0) is 45.5 Å². The average molecular weight is 545 g/mol. The van der Waals surface area contributed by atoms with Crippen molar-refractivity contribution < 1.29 is 28.8 Å². The van der Waals surface area contributed by atoms with Crippen LogP contribution in [0.5, 0.6) is 0 Å². The fraction of sp³-hybridized carbons (Fsp3) is 0.152. The third-order valence-electron chi connectivity index (χ3n) is 8.01. The molecule has 0 N–H and O–H groups in total. The van der Waals surface area contributed by atoms with Gasteiger partial charge in [-0.25, -0.2) is 9.59 Å². The minimum Gasteiger partial charge on any atom is -0.448 e. The summed E-state index contributed by atoms with van der Waals surface area (Å²) in [4.78, 5) is 59.2. The number of benzene rings is 4. The molecule has 7 rings (SSSR count). The van der Waals surface area contributed by atoms with Crippen LogP contribution in [-0.4, -0.2) is 47.0 Å². The van der Waals surface area contributed by atoms with Crippen LogP contribution in [0.15, 0.2) is 97.1 Å². The Morgan fingerprint density at radius 3 is 1.80 bits per heavy atom. The Morgan fingerprint density at radius 1 is 0.683 bits per heavy atom. The summed E-state index contributed by atoms with van der Waals surface area (Å²) in [6.07, 6.45) is -0.556. The molecule has 41 heavy (non-hydrogen) atoms. The highest BCUT2D eigenvalue weighted by molar-refractivity contribution is 6.21. The van der Waals surface area contributed by atoms with E-state index in [0.29, 0.717) is 10.6 Å². The number of hydroxylamine groups is 2. The lowest BCUT2D eigenvalue weighted by Crippen LogP contribution is -2.43. The standard InChI is InChI=1S/C33H24N2O6/c36-30-26-15-7-8-16-27(26)31(37)35(30)41-32(38)28-18-34(17-20-9-1-2-10-21(20)28)33(39)40-19-29-24-13-5-3-11-22(24)23-12-4-6-14-25(23)29/h1-16,28-29H,17-19H2. The summed E-state index contributed by atoms with van der Waals surface area (Å²) in [6, 6.07) is 29.7. The second kappa shape index (κ2) is 9.75. The molecule has 8 heteroatoms. The van der Waals surface area contributed by atoms with E-state index in [2.05, 4.69) is 24.3 Å². The van der Waals surface area contributed by atoms with E-state index >= 15 is 0 Å². The predicted octanol–water partition coefficient (Wildman–Crippen LogP) is 5.29. The Morgan fingerprint density at radius 2 is 1.20 bits per heavy atom. The van der Waals surface area contributed by atoms with Gasteiger partial charge >= 0.3 is 12.1 Å². The highest BCUT2D eigenvalue weighted by atomic mass is 16.7. The van der Waals surface area contributed by atoms with Crippen LogP contribution in [0.4, 0.5) is 4.79 Å². The molecule has 3 aliphatic rings. The van der Waals surface area contributed by atoms with Gasteiger partial charge < -0.3 is 14.5 Å². The van der Waals surface area contributed by atoms with E-state index in [0.717, 1.165) is 27.8 Å². The summed E-state index contributed by atoms with van der Waals surface area (Å²) < 4.78 is 5.85. The summed E-state index contributed by atoms with van der Waals surface area (Å²) in [5.41, 5.74) is 6.26. The average Bonchev–Trinajstić information content (AvgIpc) is 3.46. The first-order valence-corrected chi connectivity index (χ1v) is 13.4. The van der Waals surface area contributed by atoms with Crippen LogP contribution in [0.25, 0.3) is 11.1 Å². The van der Waals surface area contributed by atoms with Crippen LogP contribution in [0.3, 0.4) is 0 Å². The van der Waals surface area contributed by atoms with Crippen LogP contribution < -0.4 is 0 Å². The van der Waals surface area contributed by atoms with E-state index in [-0.39, 0.29) is 36.7 Å². The number of hydrogen-bond donors (Lipinski definition) is 0. The minimum atomic E-state index is -0.912. The number of carbonyl (C=O) groups excluding carboxylic acids is 4. The van der Waals surface area contributed by atoms with Crippen molar-refractivity contribution in [3.63, 3.8) is 0 Å². The lowest BCUT2D eigenvalue weighted by molar-refractivity contribution is -0.171. The van der Waals surface area contributed by atoms with Crippen LogP contribution in [0.2, 0.25) is 0 Å².